The molecule has 2 aromatic heterocycles. The minimum absolute atomic E-state index is 0.0456. The standard InChI is InChI=1S/C12H13BrN4O4S/c1-20-4-5-22-12-16-9(14)8(11(19)17-12)15-10(18)6-2-3-7(13)21-6/h2-3H,4-5H2,1H3,(H,15,18)(H3,14,16,17,19). The summed E-state index contributed by atoms with van der Waals surface area (Å²) in [5, 5.41) is 2.74. The Labute approximate surface area is 137 Å². The number of H-pyrrole nitrogens is 1. The molecule has 2 rings (SSSR count). The highest BCUT2D eigenvalue weighted by Crippen LogP contribution is 2.18. The van der Waals surface area contributed by atoms with Crippen molar-refractivity contribution in [1.29, 1.82) is 0 Å². The Morgan fingerprint density at radius 3 is 2.95 bits per heavy atom. The highest BCUT2D eigenvalue weighted by Gasteiger charge is 2.16. The maximum absolute atomic E-state index is 12.0. The number of methoxy groups -OCH3 is 1. The molecule has 0 unspecified atom stereocenters. The molecule has 0 saturated heterocycles. The van der Waals surface area contributed by atoms with Crippen LogP contribution in [0.1, 0.15) is 10.6 Å². The van der Waals surface area contributed by atoms with Gasteiger partial charge in [-0.3, -0.25) is 14.6 Å². The number of hydrogen-bond donors (Lipinski definition) is 3. The van der Waals surface area contributed by atoms with Crippen molar-refractivity contribution < 1.29 is 13.9 Å². The molecule has 0 aliphatic heterocycles. The van der Waals surface area contributed by atoms with E-state index in [2.05, 4.69) is 31.2 Å². The number of nitrogen functional groups attached to an aromatic ring is 1. The third-order valence-electron chi connectivity index (χ3n) is 2.49. The SMILES string of the molecule is COCCSc1nc(N)c(NC(=O)c2ccc(Br)o2)c(=O)[nH]1. The second-order valence-corrected chi connectivity index (χ2v) is 5.90. The highest BCUT2D eigenvalue weighted by atomic mass is 79.9. The van der Waals surface area contributed by atoms with Crippen molar-refractivity contribution in [3.05, 3.63) is 32.9 Å². The van der Waals surface area contributed by atoms with Crippen LogP contribution in [0.3, 0.4) is 0 Å². The molecule has 0 bridgehead atoms. The zero-order chi connectivity index (χ0) is 16.1. The van der Waals surface area contributed by atoms with Crippen molar-refractivity contribution in [2.75, 3.05) is 30.5 Å². The molecular formula is C12H13BrN4O4S. The van der Waals surface area contributed by atoms with Crippen LogP contribution in [0.2, 0.25) is 0 Å². The maximum Gasteiger partial charge on any atom is 0.291 e. The first-order valence-electron chi connectivity index (χ1n) is 6.09. The number of halogens is 1. The van der Waals surface area contributed by atoms with E-state index in [1.807, 2.05) is 0 Å². The fourth-order valence-electron chi connectivity index (χ4n) is 1.49. The largest absolute Gasteiger partial charge is 0.444 e. The predicted molar refractivity (Wildman–Crippen MR) is 86.2 cm³/mol. The van der Waals surface area contributed by atoms with Crippen molar-refractivity contribution in [2.45, 2.75) is 5.16 Å². The monoisotopic (exact) mass is 388 g/mol. The molecule has 118 valence electrons. The fraction of sp³-hybridized carbons (Fsp3) is 0.250. The van der Waals surface area contributed by atoms with Crippen LogP contribution in [0, 0.1) is 0 Å². The van der Waals surface area contributed by atoms with Gasteiger partial charge in [-0.15, -0.1) is 0 Å². The number of rotatable bonds is 6. The normalized spacial score (nSPS) is 10.6. The summed E-state index contributed by atoms with van der Waals surface area (Å²) in [6.45, 7) is 0.514. The van der Waals surface area contributed by atoms with Gasteiger partial charge in [0.25, 0.3) is 11.5 Å². The molecule has 0 radical (unpaired) electrons. The van der Waals surface area contributed by atoms with Crippen molar-refractivity contribution in [3.8, 4) is 0 Å². The van der Waals surface area contributed by atoms with Gasteiger partial charge in [-0.25, -0.2) is 4.98 Å². The van der Waals surface area contributed by atoms with E-state index in [0.717, 1.165) is 0 Å². The van der Waals surface area contributed by atoms with Gasteiger partial charge in [0, 0.05) is 12.9 Å². The Balaban J connectivity index is 2.14. The molecular weight excluding hydrogens is 376 g/mol. The Hall–Kier alpha value is -1.78. The number of hydrogen-bond acceptors (Lipinski definition) is 7. The number of nitrogens with zero attached hydrogens (tertiary/aromatic N) is 1. The molecule has 0 saturated carbocycles. The van der Waals surface area contributed by atoms with E-state index in [4.69, 9.17) is 14.9 Å². The van der Waals surface area contributed by atoms with Gasteiger partial charge in [-0.1, -0.05) is 11.8 Å². The van der Waals surface area contributed by atoms with Crippen LogP contribution in [-0.2, 0) is 4.74 Å². The van der Waals surface area contributed by atoms with Gasteiger partial charge in [0.1, 0.15) is 0 Å². The van der Waals surface area contributed by atoms with Crippen molar-refractivity contribution in [2.24, 2.45) is 0 Å². The summed E-state index contributed by atoms with van der Waals surface area (Å²) >= 11 is 4.38. The maximum atomic E-state index is 12.0. The third-order valence-corrected chi connectivity index (χ3v) is 3.75. The number of amides is 1. The second-order valence-electron chi connectivity index (χ2n) is 4.03. The summed E-state index contributed by atoms with van der Waals surface area (Å²) in [5.74, 6) is 0.00158. The first-order chi connectivity index (χ1) is 10.5. The smallest absolute Gasteiger partial charge is 0.291 e. The molecule has 2 aromatic rings. The number of nitrogens with one attached hydrogen (secondary N) is 2. The molecule has 0 spiro atoms. The number of ether oxygens (including phenoxy) is 1. The third kappa shape index (κ3) is 4.12. The van der Waals surface area contributed by atoms with Crippen molar-refractivity contribution in [1.82, 2.24) is 9.97 Å². The Morgan fingerprint density at radius 1 is 1.59 bits per heavy atom. The molecule has 22 heavy (non-hydrogen) atoms. The van der Waals surface area contributed by atoms with Gasteiger partial charge in [-0.2, -0.15) is 0 Å². The molecule has 0 atom stereocenters. The minimum Gasteiger partial charge on any atom is -0.444 e. The first kappa shape index (κ1) is 16.6. The van der Waals surface area contributed by atoms with Crippen molar-refractivity contribution in [3.63, 3.8) is 0 Å². The number of anilines is 2. The average Bonchev–Trinajstić information content (AvgIpc) is 2.90. The molecule has 8 nitrogen and oxygen atoms in total. The van der Waals surface area contributed by atoms with Crippen molar-refractivity contribution >= 4 is 45.1 Å². The summed E-state index contributed by atoms with van der Waals surface area (Å²) in [6.07, 6.45) is 0. The number of aromatic nitrogens is 2. The number of furan rings is 1. The van der Waals surface area contributed by atoms with Crippen LogP contribution < -0.4 is 16.6 Å². The van der Waals surface area contributed by atoms with E-state index in [1.54, 1.807) is 13.2 Å². The Morgan fingerprint density at radius 2 is 2.36 bits per heavy atom. The zero-order valence-corrected chi connectivity index (χ0v) is 13.9. The van der Waals surface area contributed by atoms with Gasteiger partial charge >= 0.3 is 0 Å². The first-order valence-corrected chi connectivity index (χ1v) is 7.87. The fourth-order valence-corrected chi connectivity index (χ4v) is 2.57. The topological polar surface area (TPSA) is 123 Å². The van der Waals surface area contributed by atoms with E-state index in [9.17, 15) is 9.59 Å². The van der Waals surface area contributed by atoms with Crippen LogP contribution in [0.15, 0.2) is 31.2 Å². The lowest BCUT2D eigenvalue weighted by atomic mass is 10.4. The molecule has 0 aliphatic rings. The number of thioether (sulfide) groups is 1. The zero-order valence-electron chi connectivity index (χ0n) is 11.5. The summed E-state index contributed by atoms with van der Waals surface area (Å²) in [6, 6.07) is 3.03. The Bertz CT molecular complexity index is 730. The minimum atomic E-state index is -0.593. The number of carbonyl (C=O) groups excluding carboxylic acids is 1. The lowest BCUT2D eigenvalue weighted by Crippen LogP contribution is -2.22. The highest BCUT2D eigenvalue weighted by molar-refractivity contribution is 9.10. The van der Waals surface area contributed by atoms with E-state index >= 15 is 0 Å². The van der Waals surface area contributed by atoms with Crippen LogP contribution in [0.4, 0.5) is 11.5 Å². The number of aromatic amines is 1. The van der Waals surface area contributed by atoms with E-state index in [1.165, 1.54) is 17.8 Å². The molecule has 0 aromatic carbocycles. The summed E-state index contributed by atoms with van der Waals surface area (Å²) in [7, 11) is 1.58. The van der Waals surface area contributed by atoms with Crippen LogP contribution in [0.5, 0.6) is 0 Å². The van der Waals surface area contributed by atoms with Gasteiger partial charge in [0.05, 0.1) is 6.61 Å². The summed E-state index contributed by atoms with van der Waals surface area (Å²) < 4.78 is 10.4. The summed E-state index contributed by atoms with van der Waals surface area (Å²) in [4.78, 5) is 30.5. The molecule has 10 heteroatoms. The molecule has 1 amide bonds. The van der Waals surface area contributed by atoms with Gasteiger partial charge in [0.15, 0.2) is 27.1 Å². The predicted octanol–water partition coefficient (Wildman–Crippen LogP) is 1.70. The van der Waals surface area contributed by atoms with Gasteiger partial charge in [-0.05, 0) is 28.1 Å². The lowest BCUT2D eigenvalue weighted by molar-refractivity contribution is 0.0995. The van der Waals surface area contributed by atoms with E-state index in [0.29, 0.717) is 22.2 Å². The van der Waals surface area contributed by atoms with Crippen LogP contribution >= 0.6 is 27.7 Å². The van der Waals surface area contributed by atoms with Crippen LogP contribution in [-0.4, -0.2) is 35.3 Å². The summed E-state index contributed by atoms with van der Waals surface area (Å²) in [5.41, 5.74) is 5.07. The van der Waals surface area contributed by atoms with Gasteiger partial charge < -0.3 is 20.2 Å². The number of nitrogens with two attached hydrogens (primary N) is 1. The number of carbonyl (C=O) groups is 1. The Kier molecular flexibility index (Phi) is 5.63. The molecule has 0 aliphatic carbocycles. The average molecular weight is 389 g/mol. The second kappa shape index (κ2) is 7.47. The lowest BCUT2D eigenvalue weighted by Gasteiger charge is -2.07. The van der Waals surface area contributed by atoms with E-state index < -0.39 is 11.5 Å². The molecule has 4 N–H and O–H groups in total. The molecule has 0 fully saturated rings. The molecule has 2 heterocycles. The quantitative estimate of drug-likeness (QED) is 0.390. The van der Waals surface area contributed by atoms with Crippen LogP contribution in [0.25, 0.3) is 0 Å². The van der Waals surface area contributed by atoms with Gasteiger partial charge in [0.2, 0.25) is 0 Å². The van der Waals surface area contributed by atoms with E-state index in [-0.39, 0.29) is 17.3 Å².